The van der Waals surface area contributed by atoms with E-state index in [-0.39, 0.29) is 0 Å². The van der Waals surface area contributed by atoms with Gasteiger partial charge in [0.15, 0.2) is 0 Å². The van der Waals surface area contributed by atoms with Crippen LogP contribution in [0.1, 0.15) is 24.4 Å². The van der Waals surface area contributed by atoms with Crippen molar-refractivity contribution in [2.24, 2.45) is 0 Å². The summed E-state index contributed by atoms with van der Waals surface area (Å²) in [6, 6.07) is 0.866. The molecule has 2 heterocycles. The Hall–Kier alpha value is -0.450. The predicted octanol–water partition coefficient (Wildman–Crippen LogP) is 1.58. The van der Waals surface area contributed by atoms with E-state index in [1.165, 1.54) is 0 Å². The summed E-state index contributed by atoms with van der Waals surface area (Å²) in [6.45, 7) is 3.88. The summed E-state index contributed by atoms with van der Waals surface area (Å²) >= 11 is 1.70. The topological polar surface area (TPSA) is 34.1 Å². The van der Waals surface area contributed by atoms with Crippen LogP contribution in [0.3, 0.4) is 0 Å². The fraction of sp³-hybridized carbons (Fsp3) is 0.667. The van der Waals surface area contributed by atoms with Crippen molar-refractivity contribution in [1.82, 2.24) is 10.3 Å². The molecule has 2 unspecified atom stereocenters. The summed E-state index contributed by atoms with van der Waals surface area (Å²) in [5.41, 5.74) is 0. The van der Waals surface area contributed by atoms with E-state index in [1.54, 1.807) is 11.3 Å². The van der Waals surface area contributed by atoms with Gasteiger partial charge in [-0.25, -0.2) is 4.98 Å². The largest absolute Gasteiger partial charge is 0.380 e. The molecular weight excluding hydrogens is 184 g/mol. The summed E-state index contributed by atoms with van der Waals surface area (Å²) in [7, 11) is 0. The van der Waals surface area contributed by atoms with E-state index in [9.17, 15) is 0 Å². The highest BCUT2D eigenvalue weighted by molar-refractivity contribution is 7.09. The highest BCUT2D eigenvalue weighted by Gasteiger charge is 2.18. The Morgan fingerprint density at radius 3 is 3.31 bits per heavy atom. The molecule has 1 aromatic heterocycles. The minimum absolute atomic E-state index is 0.353. The summed E-state index contributed by atoms with van der Waals surface area (Å²) < 4.78 is 5.30. The molecule has 1 aliphatic rings. The minimum Gasteiger partial charge on any atom is -0.380 e. The first-order valence-electron chi connectivity index (χ1n) is 4.59. The standard InChI is InChI=1S/C9H14N2OS/c1-7(9-10-3-5-13-9)11-8-2-4-12-6-8/h3,5,7-8,11H,2,4,6H2,1H3. The van der Waals surface area contributed by atoms with Crippen molar-refractivity contribution in [2.45, 2.75) is 25.4 Å². The van der Waals surface area contributed by atoms with Gasteiger partial charge < -0.3 is 10.1 Å². The second-order valence-corrected chi connectivity index (χ2v) is 4.25. The molecule has 1 aromatic rings. The lowest BCUT2D eigenvalue weighted by atomic mass is 10.2. The van der Waals surface area contributed by atoms with Crippen LogP contribution in [0.5, 0.6) is 0 Å². The Morgan fingerprint density at radius 1 is 1.77 bits per heavy atom. The SMILES string of the molecule is CC(NC1CCOC1)c1nccs1. The maximum absolute atomic E-state index is 5.30. The molecule has 2 atom stereocenters. The zero-order valence-electron chi connectivity index (χ0n) is 7.69. The molecule has 0 amide bonds. The Labute approximate surface area is 82.1 Å². The average Bonchev–Trinajstić information content (AvgIpc) is 2.74. The summed E-state index contributed by atoms with van der Waals surface area (Å²) in [5.74, 6) is 0. The second kappa shape index (κ2) is 4.17. The molecule has 0 aliphatic carbocycles. The molecule has 1 fully saturated rings. The fourth-order valence-electron chi connectivity index (χ4n) is 1.54. The van der Waals surface area contributed by atoms with Crippen LogP contribution in [0, 0.1) is 0 Å². The van der Waals surface area contributed by atoms with Crippen molar-refractivity contribution in [1.29, 1.82) is 0 Å². The number of hydrogen-bond donors (Lipinski definition) is 1. The van der Waals surface area contributed by atoms with Crippen LogP contribution < -0.4 is 5.32 Å². The van der Waals surface area contributed by atoms with Gasteiger partial charge >= 0.3 is 0 Å². The van der Waals surface area contributed by atoms with E-state index in [4.69, 9.17) is 4.74 Å². The Bertz CT molecular complexity index is 244. The molecule has 1 saturated heterocycles. The van der Waals surface area contributed by atoms with Gasteiger partial charge in [-0.2, -0.15) is 0 Å². The van der Waals surface area contributed by atoms with E-state index in [2.05, 4.69) is 17.2 Å². The number of rotatable bonds is 3. The first-order chi connectivity index (χ1) is 6.36. The molecule has 13 heavy (non-hydrogen) atoms. The molecule has 0 radical (unpaired) electrons. The van der Waals surface area contributed by atoms with Gasteiger partial charge in [-0.1, -0.05) is 0 Å². The van der Waals surface area contributed by atoms with Gasteiger partial charge in [-0.15, -0.1) is 11.3 Å². The number of thiazole rings is 1. The number of hydrogen-bond acceptors (Lipinski definition) is 4. The van der Waals surface area contributed by atoms with Gasteiger partial charge in [-0.05, 0) is 13.3 Å². The number of ether oxygens (including phenoxy) is 1. The smallest absolute Gasteiger partial charge is 0.109 e. The molecule has 0 bridgehead atoms. The summed E-state index contributed by atoms with van der Waals surface area (Å²) in [5, 5.41) is 6.68. The maximum Gasteiger partial charge on any atom is 0.109 e. The van der Waals surface area contributed by atoms with Crippen molar-refractivity contribution in [2.75, 3.05) is 13.2 Å². The monoisotopic (exact) mass is 198 g/mol. The van der Waals surface area contributed by atoms with Crippen LogP contribution >= 0.6 is 11.3 Å². The Balaban J connectivity index is 1.87. The molecule has 1 aliphatic heterocycles. The third-order valence-electron chi connectivity index (χ3n) is 2.24. The third-order valence-corrected chi connectivity index (χ3v) is 3.20. The van der Waals surface area contributed by atoms with Crippen molar-refractivity contribution >= 4 is 11.3 Å². The number of nitrogens with one attached hydrogen (secondary N) is 1. The lowest BCUT2D eigenvalue weighted by molar-refractivity contribution is 0.188. The highest BCUT2D eigenvalue weighted by Crippen LogP contribution is 2.17. The summed E-state index contributed by atoms with van der Waals surface area (Å²) in [4.78, 5) is 4.27. The quantitative estimate of drug-likeness (QED) is 0.800. The van der Waals surface area contributed by atoms with Crippen molar-refractivity contribution in [3.8, 4) is 0 Å². The average molecular weight is 198 g/mol. The number of nitrogens with zero attached hydrogens (tertiary/aromatic N) is 1. The van der Waals surface area contributed by atoms with Crippen LogP contribution in [0.25, 0.3) is 0 Å². The maximum atomic E-state index is 5.30. The van der Waals surface area contributed by atoms with Crippen LogP contribution in [0.2, 0.25) is 0 Å². The van der Waals surface area contributed by atoms with Crippen LogP contribution in [0.15, 0.2) is 11.6 Å². The molecule has 1 N–H and O–H groups in total. The summed E-state index contributed by atoms with van der Waals surface area (Å²) in [6.07, 6.45) is 2.97. The van der Waals surface area contributed by atoms with Gasteiger partial charge in [0, 0.05) is 24.2 Å². The fourth-order valence-corrected chi connectivity index (χ4v) is 2.19. The van der Waals surface area contributed by atoms with E-state index in [1.807, 2.05) is 11.6 Å². The molecule has 2 rings (SSSR count). The van der Waals surface area contributed by atoms with Crippen molar-refractivity contribution < 1.29 is 4.74 Å². The molecule has 72 valence electrons. The normalized spacial score (nSPS) is 24.8. The zero-order chi connectivity index (χ0) is 9.10. The second-order valence-electron chi connectivity index (χ2n) is 3.32. The van der Waals surface area contributed by atoms with Gasteiger partial charge in [0.05, 0.1) is 12.6 Å². The first-order valence-corrected chi connectivity index (χ1v) is 5.47. The van der Waals surface area contributed by atoms with E-state index in [0.717, 1.165) is 24.6 Å². The van der Waals surface area contributed by atoms with Gasteiger partial charge in [0.1, 0.15) is 5.01 Å². The third kappa shape index (κ3) is 2.27. The molecular formula is C9H14N2OS. The van der Waals surface area contributed by atoms with Crippen LogP contribution in [-0.2, 0) is 4.74 Å². The predicted molar refractivity (Wildman–Crippen MR) is 52.9 cm³/mol. The molecule has 0 aromatic carbocycles. The highest BCUT2D eigenvalue weighted by atomic mass is 32.1. The lowest BCUT2D eigenvalue weighted by Gasteiger charge is -2.15. The Morgan fingerprint density at radius 2 is 2.69 bits per heavy atom. The molecule has 4 heteroatoms. The van der Waals surface area contributed by atoms with Crippen LogP contribution in [0.4, 0.5) is 0 Å². The minimum atomic E-state index is 0.353. The van der Waals surface area contributed by atoms with Gasteiger partial charge in [0.2, 0.25) is 0 Å². The number of aromatic nitrogens is 1. The van der Waals surface area contributed by atoms with Crippen molar-refractivity contribution in [3.63, 3.8) is 0 Å². The molecule has 0 saturated carbocycles. The lowest BCUT2D eigenvalue weighted by Crippen LogP contribution is -2.31. The molecule has 0 spiro atoms. The first kappa shape index (κ1) is 9.12. The molecule has 3 nitrogen and oxygen atoms in total. The van der Waals surface area contributed by atoms with Crippen molar-refractivity contribution in [3.05, 3.63) is 16.6 Å². The van der Waals surface area contributed by atoms with E-state index in [0.29, 0.717) is 12.1 Å². The Kier molecular flexibility index (Phi) is 2.93. The van der Waals surface area contributed by atoms with Gasteiger partial charge in [0.25, 0.3) is 0 Å². The zero-order valence-corrected chi connectivity index (χ0v) is 8.51. The van der Waals surface area contributed by atoms with E-state index < -0.39 is 0 Å². The van der Waals surface area contributed by atoms with E-state index >= 15 is 0 Å². The van der Waals surface area contributed by atoms with Crippen LogP contribution in [-0.4, -0.2) is 24.2 Å². The van der Waals surface area contributed by atoms with Gasteiger partial charge in [-0.3, -0.25) is 0 Å².